The van der Waals surface area contributed by atoms with Crippen LogP contribution in [0.3, 0.4) is 0 Å². The molecular formula is C18H15ClFNO3. The van der Waals surface area contributed by atoms with E-state index >= 15 is 4.39 Å². The number of rotatable bonds is 3. The zero-order valence-corrected chi connectivity index (χ0v) is 13.9. The van der Waals surface area contributed by atoms with Crippen LogP contribution in [-0.2, 0) is 16.0 Å². The van der Waals surface area contributed by atoms with Gasteiger partial charge in [0.2, 0.25) is 0 Å². The van der Waals surface area contributed by atoms with E-state index in [9.17, 15) is 9.59 Å². The topological polar surface area (TPSA) is 46.6 Å². The Morgan fingerprint density at radius 3 is 2.25 bits per heavy atom. The molecule has 0 aliphatic carbocycles. The summed E-state index contributed by atoms with van der Waals surface area (Å²) in [6.07, 6.45) is -1.36. The van der Waals surface area contributed by atoms with Gasteiger partial charge in [-0.25, -0.2) is 9.69 Å². The second-order valence-electron chi connectivity index (χ2n) is 5.89. The fourth-order valence-electron chi connectivity index (χ4n) is 2.84. The van der Waals surface area contributed by atoms with Crippen molar-refractivity contribution in [3.8, 4) is 0 Å². The number of alkyl halides is 1. The van der Waals surface area contributed by atoms with E-state index in [0.29, 0.717) is 15.5 Å². The fourth-order valence-corrected chi connectivity index (χ4v) is 2.96. The lowest BCUT2D eigenvalue weighted by atomic mass is 10.0. The Labute approximate surface area is 143 Å². The van der Waals surface area contributed by atoms with Crippen LogP contribution in [0, 0.1) is 13.8 Å². The fraction of sp³-hybridized carbons (Fsp3) is 0.222. The number of hydrogen-bond donors (Lipinski definition) is 0. The van der Waals surface area contributed by atoms with E-state index in [1.165, 1.54) is 24.3 Å². The molecule has 0 radical (unpaired) electrons. The average Bonchev–Trinajstić information content (AvgIpc) is 2.69. The lowest BCUT2D eigenvalue weighted by molar-refractivity contribution is -0.146. The van der Waals surface area contributed by atoms with Crippen molar-refractivity contribution in [1.29, 1.82) is 0 Å². The van der Waals surface area contributed by atoms with Gasteiger partial charge in [-0.05, 0) is 43.7 Å². The smallest absolute Gasteiger partial charge is 0.401 e. The van der Waals surface area contributed by atoms with Crippen LogP contribution < -0.4 is 4.90 Å². The molecule has 1 aliphatic heterocycles. The third-order valence-electron chi connectivity index (χ3n) is 3.75. The maximum absolute atomic E-state index is 15.1. The number of anilines is 1. The number of ether oxygens (including phenoxy) is 1. The lowest BCUT2D eigenvalue weighted by Gasteiger charge is -2.16. The van der Waals surface area contributed by atoms with Crippen LogP contribution in [0.15, 0.2) is 42.5 Å². The summed E-state index contributed by atoms with van der Waals surface area (Å²) >= 11 is 5.79. The first kappa shape index (κ1) is 16.5. The lowest BCUT2D eigenvalue weighted by Crippen LogP contribution is -2.39. The Balaban J connectivity index is 1.90. The largest absolute Gasteiger partial charge is 0.424 e. The minimum Gasteiger partial charge on any atom is -0.401 e. The normalized spacial score (nSPS) is 20.4. The first-order chi connectivity index (χ1) is 11.3. The van der Waals surface area contributed by atoms with E-state index in [2.05, 4.69) is 0 Å². The highest BCUT2D eigenvalue weighted by Crippen LogP contribution is 2.34. The van der Waals surface area contributed by atoms with E-state index in [1.807, 2.05) is 19.9 Å². The SMILES string of the molecule is Cc1cc(C)cc(CC2(F)OC(=O)N(c3ccc(Cl)cc3)C2=O)c1. The van der Waals surface area contributed by atoms with Crippen LogP contribution in [0.1, 0.15) is 16.7 Å². The summed E-state index contributed by atoms with van der Waals surface area (Å²) in [6, 6.07) is 11.4. The molecule has 1 aliphatic rings. The van der Waals surface area contributed by atoms with E-state index in [1.54, 1.807) is 12.1 Å². The molecule has 0 saturated carbocycles. The highest BCUT2D eigenvalue weighted by Gasteiger charge is 2.55. The Bertz CT molecular complexity index is 801. The van der Waals surface area contributed by atoms with Crippen LogP contribution in [0.25, 0.3) is 0 Å². The van der Waals surface area contributed by atoms with Crippen molar-refractivity contribution < 1.29 is 18.7 Å². The second-order valence-corrected chi connectivity index (χ2v) is 6.32. The van der Waals surface area contributed by atoms with Crippen molar-refractivity contribution in [2.24, 2.45) is 0 Å². The van der Waals surface area contributed by atoms with Gasteiger partial charge >= 0.3 is 17.9 Å². The summed E-state index contributed by atoms with van der Waals surface area (Å²) in [5, 5.41) is 0.445. The molecule has 24 heavy (non-hydrogen) atoms. The molecule has 2 amide bonds. The molecular weight excluding hydrogens is 333 g/mol. The van der Waals surface area contributed by atoms with Gasteiger partial charge in [-0.1, -0.05) is 40.9 Å². The molecule has 4 nitrogen and oxygen atoms in total. The zero-order valence-electron chi connectivity index (χ0n) is 13.2. The van der Waals surface area contributed by atoms with Gasteiger partial charge < -0.3 is 4.74 Å². The predicted octanol–water partition coefficient (Wildman–Crippen LogP) is 4.35. The monoisotopic (exact) mass is 347 g/mol. The number of imide groups is 1. The Hall–Kier alpha value is -2.40. The molecule has 6 heteroatoms. The molecule has 3 rings (SSSR count). The Morgan fingerprint density at radius 1 is 1.08 bits per heavy atom. The quantitative estimate of drug-likeness (QED) is 0.829. The molecule has 1 unspecified atom stereocenters. The number of amides is 2. The predicted molar refractivity (Wildman–Crippen MR) is 88.9 cm³/mol. The van der Waals surface area contributed by atoms with Gasteiger partial charge in [0, 0.05) is 5.02 Å². The van der Waals surface area contributed by atoms with Crippen molar-refractivity contribution in [1.82, 2.24) is 0 Å². The van der Waals surface area contributed by atoms with Crippen molar-refractivity contribution >= 4 is 29.3 Å². The van der Waals surface area contributed by atoms with E-state index < -0.39 is 17.9 Å². The zero-order chi connectivity index (χ0) is 17.5. The molecule has 1 heterocycles. The average molecular weight is 348 g/mol. The minimum absolute atomic E-state index is 0.217. The molecule has 2 aromatic carbocycles. The van der Waals surface area contributed by atoms with Crippen molar-refractivity contribution in [2.45, 2.75) is 26.1 Å². The number of hydrogen-bond acceptors (Lipinski definition) is 3. The van der Waals surface area contributed by atoms with Crippen molar-refractivity contribution in [3.63, 3.8) is 0 Å². The molecule has 0 aromatic heterocycles. The number of cyclic esters (lactones) is 1. The van der Waals surface area contributed by atoms with Crippen LogP contribution in [0.4, 0.5) is 14.9 Å². The number of halogens is 2. The van der Waals surface area contributed by atoms with Crippen LogP contribution in [-0.4, -0.2) is 17.9 Å². The molecule has 1 fully saturated rings. The first-order valence-corrected chi connectivity index (χ1v) is 7.75. The summed E-state index contributed by atoms with van der Waals surface area (Å²) in [5.41, 5.74) is 2.70. The van der Waals surface area contributed by atoms with Crippen LogP contribution in [0.5, 0.6) is 0 Å². The molecule has 124 valence electrons. The first-order valence-electron chi connectivity index (χ1n) is 7.38. The van der Waals surface area contributed by atoms with Gasteiger partial charge in [-0.2, -0.15) is 4.39 Å². The number of aryl methyl sites for hydroxylation is 2. The van der Waals surface area contributed by atoms with E-state index in [-0.39, 0.29) is 12.1 Å². The van der Waals surface area contributed by atoms with Crippen LogP contribution in [0.2, 0.25) is 5.02 Å². The van der Waals surface area contributed by atoms with E-state index in [4.69, 9.17) is 16.3 Å². The molecule has 0 spiro atoms. The van der Waals surface area contributed by atoms with E-state index in [0.717, 1.165) is 11.1 Å². The van der Waals surface area contributed by atoms with Gasteiger partial charge in [0.1, 0.15) is 0 Å². The molecule has 0 bridgehead atoms. The minimum atomic E-state index is -2.71. The summed E-state index contributed by atoms with van der Waals surface area (Å²) in [6.45, 7) is 3.76. The molecule has 2 aromatic rings. The molecule has 0 N–H and O–H groups in total. The van der Waals surface area contributed by atoms with Gasteiger partial charge in [-0.3, -0.25) is 4.79 Å². The maximum atomic E-state index is 15.1. The summed E-state index contributed by atoms with van der Waals surface area (Å²) in [4.78, 5) is 25.2. The maximum Gasteiger partial charge on any atom is 0.424 e. The van der Waals surface area contributed by atoms with Crippen molar-refractivity contribution in [2.75, 3.05) is 4.90 Å². The van der Waals surface area contributed by atoms with Gasteiger partial charge in [0.15, 0.2) is 0 Å². The van der Waals surface area contributed by atoms with Crippen molar-refractivity contribution in [3.05, 3.63) is 64.2 Å². The van der Waals surface area contributed by atoms with Gasteiger partial charge in [-0.15, -0.1) is 0 Å². The van der Waals surface area contributed by atoms with Crippen LogP contribution >= 0.6 is 11.6 Å². The van der Waals surface area contributed by atoms with Gasteiger partial charge in [0.05, 0.1) is 12.1 Å². The highest BCUT2D eigenvalue weighted by molar-refractivity contribution is 6.30. The number of nitrogens with zero attached hydrogens (tertiary/aromatic N) is 1. The summed E-state index contributed by atoms with van der Waals surface area (Å²) in [5.74, 6) is -3.74. The second kappa shape index (κ2) is 5.91. The molecule has 1 atom stereocenters. The standard InChI is InChI=1S/C18H15ClFNO3/c1-11-7-12(2)9-13(8-11)10-18(20)16(22)21(17(23)24-18)15-5-3-14(19)4-6-15/h3-9H,10H2,1-2H3. The van der Waals surface area contributed by atoms with Gasteiger partial charge in [0.25, 0.3) is 0 Å². The number of benzene rings is 2. The summed E-state index contributed by atoms with van der Waals surface area (Å²) < 4.78 is 19.8. The third-order valence-corrected chi connectivity index (χ3v) is 4.00. The highest BCUT2D eigenvalue weighted by atomic mass is 35.5. The number of carbonyl (C=O) groups is 2. The Kier molecular flexibility index (Phi) is 4.05. The number of carbonyl (C=O) groups excluding carboxylic acids is 2. The Morgan fingerprint density at radius 2 is 1.67 bits per heavy atom. The third kappa shape index (κ3) is 2.99. The summed E-state index contributed by atoms with van der Waals surface area (Å²) in [7, 11) is 0. The molecule has 1 saturated heterocycles.